The monoisotopic (exact) mass is 560 g/mol. The molecule has 5 rings (SSSR count). The van der Waals surface area contributed by atoms with Crippen molar-refractivity contribution >= 4 is 27.0 Å². The van der Waals surface area contributed by atoms with E-state index in [-0.39, 0.29) is 6.61 Å². The van der Waals surface area contributed by atoms with Gasteiger partial charge in [0.2, 0.25) is 0 Å². The van der Waals surface area contributed by atoms with Crippen molar-refractivity contribution in [3.63, 3.8) is 0 Å². The number of fused-ring (bicyclic) bond motifs is 1. The van der Waals surface area contributed by atoms with Gasteiger partial charge in [-0.05, 0) is 43.4 Å². The predicted molar refractivity (Wildman–Crippen MR) is 143 cm³/mol. The largest absolute Gasteiger partial charge is 0.488 e. The summed E-state index contributed by atoms with van der Waals surface area (Å²) in [7, 11) is 0. The van der Waals surface area contributed by atoms with Crippen molar-refractivity contribution in [3.8, 4) is 22.6 Å². The summed E-state index contributed by atoms with van der Waals surface area (Å²) < 4.78 is 18.5. The highest BCUT2D eigenvalue weighted by molar-refractivity contribution is 9.10. The van der Waals surface area contributed by atoms with Gasteiger partial charge in [-0.25, -0.2) is 4.63 Å². The Morgan fingerprint density at radius 2 is 1.73 bits per heavy atom. The fourth-order valence-electron chi connectivity index (χ4n) is 3.97. The fraction of sp³-hybridized carbons (Fsp3) is 0.179. The van der Waals surface area contributed by atoms with Crippen LogP contribution in [-0.4, -0.2) is 33.6 Å². The molecule has 0 saturated heterocycles. The van der Waals surface area contributed by atoms with E-state index in [2.05, 4.69) is 54.7 Å². The van der Waals surface area contributed by atoms with Crippen molar-refractivity contribution in [2.24, 2.45) is 0 Å². The molecule has 37 heavy (non-hydrogen) atoms. The van der Waals surface area contributed by atoms with Crippen LogP contribution in [0.15, 0.2) is 88.2 Å². The van der Waals surface area contributed by atoms with E-state index in [0.717, 1.165) is 32.3 Å². The SMILES string of the molecule is OCCNCc1c(OCc2cccnc2)cc(OCc2cccc(-c3ccccc3)c2Br)c2nonc12. The van der Waals surface area contributed by atoms with Gasteiger partial charge < -0.3 is 19.9 Å². The van der Waals surface area contributed by atoms with Crippen molar-refractivity contribution < 1.29 is 19.2 Å². The van der Waals surface area contributed by atoms with Gasteiger partial charge in [-0.2, -0.15) is 0 Å². The Labute approximate surface area is 222 Å². The number of aliphatic hydroxyl groups is 1. The summed E-state index contributed by atoms with van der Waals surface area (Å²) in [6.07, 6.45) is 3.48. The number of nitrogens with zero attached hydrogens (tertiary/aromatic N) is 3. The normalized spacial score (nSPS) is 11.1. The molecule has 3 aromatic carbocycles. The number of ether oxygens (including phenoxy) is 2. The molecule has 0 aliphatic rings. The van der Waals surface area contributed by atoms with Gasteiger partial charge in [-0.1, -0.05) is 54.6 Å². The van der Waals surface area contributed by atoms with Crippen LogP contribution in [0.2, 0.25) is 0 Å². The zero-order valence-electron chi connectivity index (χ0n) is 19.9. The zero-order valence-corrected chi connectivity index (χ0v) is 21.5. The number of aliphatic hydroxyl groups excluding tert-OH is 1. The van der Waals surface area contributed by atoms with Gasteiger partial charge in [0.25, 0.3) is 0 Å². The van der Waals surface area contributed by atoms with Crippen molar-refractivity contribution in [3.05, 3.63) is 100 Å². The van der Waals surface area contributed by atoms with Gasteiger partial charge in [0.15, 0.2) is 11.3 Å². The molecular weight excluding hydrogens is 536 g/mol. The van der Waals surface area contributed by atoms with E-state index >= 15 is 0 Å². The van der Waals surface area contributed by atoms with E-state index in [1.54, 1.807) is 12.4 Å². The molecule has 2 N–H and O–H groups in total. The Morgan fingerprint density at radius 1 is 0.892 bits per heavy atom. The van der Waals surface area contributed by atoms with Crippen molar-refractivity contribution in [1.82, 2.24) is 20.6 Å². The van der Waals surface area contributed by atoms with Gasteiger partial charge in [-0.15, -0.1) is 0 Å². The molecule has 8 nitrogen and oxygen atoms in total. The summed E-state index contributed by atoms with van der Waals surface area (Å²) in [5.74, 6) is 1.09. The average Bonchev–Trinajstić information content (AvgIpc) is 3.44. The fourth-order valence-corrected chi connectivity index (χ4v) is 4.58. The Bertz CT molecular complexity index is 1460. The predicted octanol–water partition coefficient (Wildman–Crippen LogP) is 5.29. The lowest BCUT2D eigenvalue weighted by Gasteiger charge is -2.16. The van der Waals surface area contributed by atoms with Crippen molar-refractivity contribution in [2.45, 2.75) is 19.8 Å². The molecule has 9 heteroatoms. The quantitative estimate of drug-likeness (QED) is 0.210. The van der Waals surface area contributed by atoms with Crippen molar-refractivity contribution in [1.29, 1.82) is 0 Å². The number of benzene rings is 3. The topological polar surface area (TPSA) is 103 Å². The first kappa shape index (κ1) is 24.9. The maximum atomic E-state index is 9.20. The molecule has 2 aromatic heterocycles. The summed E-state index contributed by atoms with van der Waals surface area (Å²) in [6.45, 7) is 1.48. The molecule has 0 amide bonds. The van der Waals surface area contributed by atoms with Crippen LogP contribution in [0.1, 0.15) is 16.7 Å². The van der Waals surface area contributed by atoms with E-state index in [0.29, 0.717) is 48.8 Å². The molecule has 0 spiro atoms. The van der Waals surface area contributed by atoms with Crippen LogP contribution in [0.4, 0.5) is 0 Å². The molecule has 0 saturated carbocycles. The smallest absolute Gasteiger partial charge is 0.177 e. The first-order valence-corrected chi connectivity index (χ1v) is 12.6. The number of hydrogen-bond donors (Lipinski definition) is 2. The standard InChI is InChI=1S/C28H25BrN4O4/c29-26-21(9-4-10-22(26)20-7-2-1-3-8-20)18-36-25-14-24(35-17-19-6-5-11-30-15-19)23(16-31-12-13-34)27-28(25)33-37-32-27/h1-11,14-15,31,34H,12-13,16-18H2. The van der Waals surface area contributed by atoms with Crippen LogP contribution in [-0.2, 0) is 19.8 Å². The van der Waals surface area contributed by atoms with Crippen LogP contribution in [0.3, 0.4) is 0 Å². The zero-order chi connectivity index (χ0) is 25.5. The van der Waals surface area contributed by atoms with E-state index in [4.69, 9.17) is 14.1 Å². The minimum atomic E-state index is 0.0181. The van der Waals surface area contributed by atoms with Crippen LogP contribution >= 0.6 is 15.9 Å². The summed E-state index contributed by atoms with van der Waals surface area (Å²) in [6, 6.07) is 21.9. The van der Waals surface area contributed by atoms with Crippen molar-refractivity contribution in [2.75, 3.05) is 13.2 Å². The Balaban J connectivity index is 1.44. The first-order chi connectivity index (χ1) is 18.2. The number of aromatic nitrogens is 3. The third-order valence-electron chi connectivity index (χ3n) is 5.82. The van der Waals surface area contributed by atoms with Gasteiger partial charge in [0.1, 0.15) is 24.5 Å². The van der Waals surface area contributed by atoms with Gasteiger partial charge >= 0.3 is 0 Å². The van der Waals surface area contributed by atoms with E-state index in [1.807, 2.05) is 48.5 Å². The summed E-state index contributed by atoms with van der Waals surface area (Å²) in [5, 5.41) is 20.6. The van der Waals surface area contributed by atoms with Gasteiger partial charge in [0.05, 0.1) is 6.61 Å². The van der Waals surface area contributed by atoms with Crippen LogP contribution < -0.4 is 14.8 Å². The lowest BCUT2D eigenvalue weighted by molar-refractivity contribution is 0.284. The van der Waals surface area contributed by atoms with E-state index in [9.17, 15) is 5.11 Å². The molecule has 5 aromatic rings. The second kappa shape index (κ2) is 12.0. The summed E-state index contributed by atoms with van der Waals surface area (Å²) in [5.41, 5.74) is 5.93. The highest BCUT2D eigenvalue weighted by Crippen LogP contribution is 2.36. The molecule has 0 radical (unpaired) electrons. The summed E-state index contributed by atoms with van der Waals surface area (Å²) >= 11 is 3.76. The third kappa shape index (κ3) is 5.80. The molecule has 0 bridgehead atoms. The minimum absolute atomic E-state index is 0.0181. The maximum Gasteiger partial charge on any atom is 0.177 e. The number of pyridine rings is 1. The maximum absolute atomic E-state index is 9.20. The van der Waals surface area contributed by atoms with Crippen LogP contribution in [0, 0.1) is 0 Å². The molecule has 0 atom stereocenters. The Kier molecular flexibility index (Phi) is 8.05. The van der Waals surface area contributed by atoms with Crippen LogP contribution in [0.25, 0.3) is 22.2 Å². The second-order valence-electron chi connectivity index (χ2n) is 8.30. The van der Waals surface area contributed by atoms with Gasteiger partial charge in [0, 0.05) is 52.7 Å². The molecule has 2 heterocycles. The second-order valence-corrected chi connectivity index (χ2v) is 9.09. The number of rotatable bonds is 11. The highest BCUT2D eigenvalue weighted by atomic mass is 79.9. The van der Waals surface area contributed by atoms with Crippen LogP contribution in [0.5, 0.6) is 11.5 Å². The first-order valence-electron chi connectivity index (χ1n) is 11.8. The molecule has 0 fully saturated rings. The molecule has 0 unspecified atom stereocenters. The Morgan fingerprint density at radius 3 is 2.54 bits per heavy atom. The minimum Gasteiger partial charge on any atom is -0.488 e. The number of nitrogens with one attached hydrogen (secondary N) is 1. The summed E-state index contributed by atoms with van der Waals surface area (Å²) in [4.78, 5) is 4.15. The number of hydrogen-bond acceptors (Lipinski definition) is 8. The number of halogens is 1. The van der Waals surface area contributed by atoms with E-state index < -0.39 is 0 Å². The molecule has 188 valence electrons. The average molecular weight is 561 g/mol. The lowest BCUT2D eigenvalue weighted by atomic mass is 10.0. The molecule has 0 aliphatic carbocycles. The lowest BCUT2D eigenvalue weighted by Crippen LogP contribution is -2.18. The Hall–Kier alpha value is -3.79. The van der Waals surface area contributed by atoms with E-state index in [1.165, 1.54) is 0 Å². The third-order valence-corrected chi connectivity index (χ3v) is 6.76. The molecular formula is C28H25BrN4O4. The highest BCUT2D eigenvalue weighted by Gasteiger charge is 2.20. The van der Waals surface area contributed by atoms with Gasteiger partial charge in [-0.3, -0.25) is 4.98 Å². The molecule has 0 aliphatic heterocycles.